The maximum absolute atomic E-state index is 13.7. The summed E-state index contributed by atoms with van der Waals surface area (Å²) >= 11 is 3.29. The second-order valence-corrected chi connectivity index (χ2v) is 7.24. The molecule has 0 aliphatic carbocycles. The Morgan fingerprint density at radius 3 is 2.46 bits per heavy atom. The van der Waals surface area contributed by atoms with Crippen molar-refractivity contribution in [1.29, 1.82) is 0 Å². The quantitative estimate of drug-likeness (QED) is 0.534. The summed E-state index contributed by atoms with van der Waals surface area (Å²) in [6.45, 7) is 1.07. The molecule has 26 heavy (non-hydrogen) atoms. The topological polar surface area (TPSA) is 37.4 Å². The van der Waals surface area contributed by atoms with E-state index in [1.165, 1.54) is 18.2 Å². The third-order valence-electron chi connectivity index (χ3n) is 4.60. The minimum atomic E-state index is -0.371. The van der Waals surface area contributed by atoms with Gasteiger partial charge in [-0.15, -0.1) is 0 Å². The molecule has 1 heterocycles. The molecule has 0 bridgehead atoms. The number of carbonyl (C=O) groups is 2. The molecule has 1 amide bonds. The minimum Gasteiger partial charge on any atom is -0.339 e. The van der Waals surface area contributed by atoms with Crippen LogP contribution in [0.4, 0.5) is 4.39 Å². The highest BCUT2D eigenvalue weighted by Crippen LogP contribution is 2.22. The molecule has 1 saturated heterocycles. The van der Waals surface area contributed by atoms with Crippen molar-refractivity contribution in [2.24, 2.45) is 5.92 Å². The van der Waals surface area contributed by atoms with E-state index in [0.717, 1.165) is 10.0 Å². The number of ketones is 1. The van der Waals surface area contributed by atoms with Crippen molar-refractivity contribution in [3.05, 3.63) is 76.0 Å². The highest BCUT2D eigenvalue weighted by Gasteiger charge is 2.27. The lowest BCUT2D eigenvalue weighted by Crippen LogP contribution is -2.39. The molecule has 1 fully saturated rings. The average molecular weight is 416 g/mol. The van der Waals surface area contributed by atoms with Gasteiger partial charge < -0.3 is 4.90 Å². The molecule has 5 heteroatoms. The number of amides is 1. The van der Waals surface area contributed by atoms with Gasteiger partial charge in [0, 0.05) is 40.7 Å². The molecule has 0 aromatic heterocycles. The van der Waals surface area contributed by atoms with Crippen LogP contribution < -0.4 is 0 Å². The Hall–Kier alpha value is -2.27. The molecule has 1 aliphatic heterocycles. The van der Waals surface area contributed by atoms with Crippen molar-refractivity contribution in [3.8, 4) is 0 Å². The van der Waals surface area contributed by atoms with Gasteiger partial charge in [-0.05, 0) is 37.1 Å². The molecule has 2 aromatic rings. The Morgan fingerprint density at radius 2 is 1.77 bits per heavy atom. The molecule has 1 aliphatic rings. The molecule has 3 rings (SSSR count). The van der Waals surface area contributed by atoms with Gasteiger partial charge in [0.1, 0.15) is 5.82 Å². The number of nitrogens with zero attached hydrogens (tertiary/aromatic N) is 1. The second kappa shape index (κ2) is 8.41. The Balaban J connectivity index is 1.57. The zero-order valence-electron chi connectivity index (χ0n) is 14.2. The van der Waals surface area contributed by atoms with Gasteiger partial charge in [0.2, 0.25) is 5.91 Å². The summed E-state index contributed by atoms with van der Waals surface area (Å²) in [5, 5.41) is 0. The highest BCUT2D eigenvalue weighted by molar-refractivity contribution is 9.10. The molecule has 0 radical (unpaired) electrons. The van der Waals surface area contributed by atoms with Crippen LogP contribution in [-0.4, -0.2) is 29.7 Å². The number of Topliss-reactive ketones (excluding diaryl/α,β-unsaturated/α-hetero) is 1. The molecular formula is C21H19BrFNO2. The van der Waals surface area contributed by atoms with E-state index < -0.39 is 0 Å². The van der Waals surface area contributed by atoms with Crippen LogP contribution in [0.5, 0.6) is 0 Å². The normalized spacial score (nSPS) is 15.4. The Bertz CT molecular complexity index is 827. The molecule has 0 atom stereocenters. The molecule has 134 valence electrons. The number of rotatable bonds is 4. The van der Waals surface area contributed by atoms with E-state index >= 15 is 0 Å². The molecule has 3 nitrogen and oxygen atoms in total. The van der Waals surface area contributed by atoms with Crippen LogP contribution >= 0.6 is 15.9 Å². The van der Waals surface area contributed by atoms with E-state index in [2.05, 4.69) is 15.9 Å². The summed E-state index contributed by atoms with van der Waals surface area (Å²) in [6, 6.07) is 13.9. The standard InChI is InChI=1S/C21H19BrFNO2/c22-18-7-8-19(23)17(14-18)6-9-20(25)24-12-10-16(11-13-24)21(26)15-4-2-1-3-5-15/h1-9,14,16H,10-13H2. The van der Waals surface area contributed by atoms with Gasteiger partial charge in [-0.3, -0.25) is 9.59 Å². The molecule has 0 saturated carbocycles. The monoisotopic (exact) mass is 415 g/mol. The minimum absolute atomic E-state index is 0.0482. The highest BCUT2D eigenvalue weighted by atomic mass is 79.9. The number of halogens is 2. The predicted octanol–water partition coefficient (Wildman–Crippen LogP) is 4.72. The van der Waals surface area contributed by atoms with Crippen molar-refractivity contribution in [1.82, 2.24) is 4.90 Å². The van der Waals surface area contributed by atoms with Crippen LogP contribution in [0.3, 0.4) is 0 Å². The van der Waals surface area contributed by atoms with Crippen molar-refractivity contribution in [2.75, 3.05) is 13.1 Å². The van der Waals surface area contributed by atoms with E-state index in [9.17, 15) is 14.0 Å². The lowest BCUT2D eigenvalue weighted by molar-refractivity contribution is -0.127. The van der Waals surface area contributed by atoms with Gasteiger partial charge in [0.05, 0.1) is 0 Å². The summed E-state index contributed by atoms with van der Waals surface area (Å²) in [5.41, 5.74) is 1.09. The van der Waals surface area contributed by atoms with Crippen LogP contribution in [0.1, 0.15) is 28.8 Å². The molecular weight excluding hydrogens is 397 g/mol. The molecule has 0 unspecified atom stereocenters. The first-order valence-electron chi connectivity index (χ1n) is 8.56. The second-order valence-electron chi connectivity index (χ2n) is 6.33. The summed E-state index contributed by atoms with van der Waals surface area (Å²) in [5.74, 6) is -0.434. The number of benzene rings is 2. The number of carbonyl (C=O) groups excluding carboxylic acids is 2. The first-order chi connectivity index (χ1) is 12.5. The van der Waals surface area contributed by atoms with Crippen molar-refractivity contribution in [3.63, 3.8) is 0 Å². The zero-order valence-corrected chi connectivity index (χ0v) is 15.8. The van der Waals surface area contributed by atoms with Gasteiger partial charge in [-0.25, -0.2) is 4.39 Å². The largest absolute Gasteiger partial charge is 0.339 e. The fraction of sp³-hybridized carbons (Fsp3) is 0.238. The summed E-state index contributed by atoms with van der Waals surface area (Å²) < 4.78 is 14.5. The van der Waals surface area contributed by atoms with E-state index in [4.69, 9.17) is 0 Å². The van der Waals surface area contributed by atoms with E-state index in [-0.39, 0.29) is 23.4 Å². The third-order valence-corrected chi connectivity index (χ3v) is 5.09. The van der Waals surface area contributed by atoms with Gasteiger partial charge in [0.25, 0.3) is 0 Å². The number of hydrogen-bond acceptors (Lipinski definition) is 2. The van der Waals surface area contributed by atoms with Crippen molar-refractivity contribution >= 4 is 33.7 Å². The number of likely N-dealkylation sites (tertiary alicyclic amines) is 1. The van der Waals surface area contributed by atoms with Crippen LogP contribution in [0.25, 0.3) is 6.08 Å². The maximum atomic E-state index is 13.7. The molecule has 0 N–H and O–H groups in total. The summed E-state index contributed by atoms with van der Waals surface area (Å²) in [4.78, 5) is 26.5. The lowest BCUT2D eigenvalue weighted by Gasteiger charge is -2.30. The van der Waals surface area contributed by atoms with E-state index in [0.29, 0.717) is 31.5 Å². The third kappa shape index (κ3) is 4.47. The van der Waals surface area contributed by atoms with Crippen LogP contribution in [0.15, 0.2) is 59.1 Å². The van der Waals surface area contributed by atoms with Gasteiger partial charge in [0.15, 0.2) is 5.78 Å². The summed E-state index contributed by atoms with van der Waals surface area (Å²) in [6.07, 6.45) is 4.19. The SMILES string of the molecule is O=C(c1ccccc1)C1CCN(C(=O)C=Cc2cc(Br)ccc2F)CC1. The van der Waals surface area contributed by atoms with E-state index in [1.54, 1.807) is 17.0 Å². The van der Waals surface area contributed by atoms with Crippen LogP contribution in [0, 0.1) is 11.7 Å². The molecule has 0 spiro atoms. The van der Waals surface area contributed by atoms with Crippen LogP contribution in [0.2, 0.25) is 0 Å². The smallest absolute Gasteiger partial charge is 0.246 e. The van der Waals surface area contributed by atoms with E-state index in [1.807, 2.05) is 30.3 Å². The Kier molecular flexibility index (Phi) is 5.99. The number of piperidine rings is 1. The zero-order chi connectivity index (χ0) is 18.5. The Labute approximate surface area is 160 Å². The maximum Gasteiger partial charge on any atom is 0.246 e. The summed E-state index contributed by atoms with van der Waals surface area (Å²) in [7, 11) is 0. The fourth-order valence-electron chi connectivity index (χ4n) is 3.11. The lowest BCUT2D eigenvalue weighted by atomic mass is 9.89. The van der Waals surface area contributed by atoms with Gasteiger partial charge in [-0.2, -0.15) is 0 Å². The average Bonchev–Trinajstić information content (AvgIpc) is 2.68. The van der Waals surface area contributed by atoms with Crippen molar-refractivity contribution in [2.45, 2.75) is 12.8 Å². The first kappa shape index (κ1) is 18.5. The first-order valence-corrected chi connectivity index (χ1v) is 9.35. The van der Waals surface area contributed by atoms with Gasteiger partial charge >= 0.3 is 0 Å². The van der Waals surface area contributed by atoms with Crippen LogP contribution in [-0.2, 0) is 4.79 Å². The van der Waals surface area contributed by atoms with Crippen molar-refractivity contribution < 1.29 is 14.0 Å². The van der Waals surface area contributed by atoms with Gasteiger partial charge in [-0.1, -0.05) is 46.3 Å². The Morgan fingerprint density at radius 1 is 1.08 bits per heavy atom. The molecule has 2 aromatic carbocycles. The number of hydrogen-bond donors (Lipinski definition) is 0. The fourth-order valence-corrected chi connectivity index (χ4v) is 3.49. The predicted molar refractivity (Wildman–Crippen MR) is 103 cm³/mol.